The fourth-order valence-corrected chi connectivity index (χ4v) is 3.72. The van der Waals surface area contributed by atoms with Crippen LogP contribution in [0.15, 0.2) is 30.3 Å². The van der Waals surface area contributed by atoms with E-state index in [1.165, 1.54) is 4.90 Å². The first kappa shape index (κ1) is 13.7. The van der Waals surface area contributed by atoms with Gasteiger partial charge in [-0.1, -0.05) is 44.2 Å². The zero-order valence-electron chi connectivity index (χ0n) is 11.7. The molecule has 1 aromatic rings. The van der Waals surface area contributed by atoms with Gasteiger partial charge in [0.05, 0.1) is 11.8 Å². The zero-order chi connectivity index (χ0) is 14.5. The minimum Gasteiger partial charge on any atom is -0.281 e. The number of likely N-dealkylation sites (tertiary alicyclic amines) is 1. The molecule has 0 spiro atoms. The molecule has 0 aromatic heterocycles. The van der Waals surface area contributed by atoms with Crippen molar-refractivity contribution in [3.8, 4) is 0 Å². The summed E-state index contributed by atoms with van der Waals surface area (Å²) in [5.41, 5.74) is 0.997. The van der Waals surface area contributed by atoms with Crippen molar-refractivity contribution in [3.05, 3.63) is 35.9 Å². The number of nitrogens with zero attached hydrogens (tertiary/aromatic N) is 1. The lowest BCUT2D eigenvalue weighted by atomic mass is 9.99. The van der Waals surface area contributed by atoms with Crippen molar-refractivity contribution in [1.82, 2.24) is 4.90 Å². The van der Waals surface area contributed by atoms with Crippen molar-refractivity contribution < 1.29 is 9.59 Å². The van der Waals surface area contributed by atoms with Gasteiger partial charge in [-0.15, -0.1) is 0 Å². The van der Waals surface area contributed by atoms with Crippen LogP contribution in [0.25, 0.3) is 0 Å². The maximum absolute atomic E-state index is 12.3. The quantitative estimate of drug-likeness (QED) is 0.682. The topological polar surface area (TPSA) is 37.4 Å². The highest BCUT2D eigenvalue weighted by Gasteiger charge is 2.72. The summed E-state index contributed by atoms with van der Waals surface area (Å²) in [6.45, 7) is 4.46. The molecule has 106 valence electrons. The molecule has 2 aliphatic rings. The number of rotatable bonds is 4. The normalized spacial score (nSPS) is 28.4. The predicted molar refractivity (Wildman–Crippen MR) is 80.5 cm³/mol. The number of imide groups is 1. The lowest BCUT2D eigenvalue weighted by molar-refractivity contribution is -0.143. The zero-order valence-corrected chi connectivity index (χ0v) is 12.6. The Balaban J connectivity index is 1.76. The third kappa shape index (κ3) is 1.89. The Hall–Kier alpha value is -1.29. The molecule has 2 fully saturated rings. The molecule has 1 aliphatic carbocycles. The van der Waals surface area contributed by atoms with Gasteiger partial charge in [-0.25, -0.2) is 0 Å². The lowest BCUT2D eigenvalue weighted by Crippen LogP contribution is -2.39. The van der Waals surface area contributed by atoms with Gasteiger partial charge in [-0.3, -0.25) is 14.5 Å². The number of piperidine rings is 1. The molecule has 20 heavy (non-hydrogen) atoms. The van der Waals surface area contributed by atoms with Crippen LogP contribution in [0.4, 0.5) is 0 Å². The van der Waals surface area contributed by atoms with Crippen molar-refractivity contribution in [2.75, 3.05) is 12.3 Å². The summed E-state index contributed by atoms with van der Waals surface area (Å²) in [4.78, 5) is 26.1. The monoisotopic (exact) mass is 289 g/mol. The lowest BCUT2D eigenvalue weighted by Gasteiger charge is -2.25. The Kier molecular flexibility index (Phi) is 3.16. The van der Waals surface area contributed by atoms with E-state index in [0.717, 1.165) is 5.56 Å². The SMILES string of the molecule is CC1(C)C2C(=O)N(CC(CS)c3ccccc3)C(=O)C21. The number of amides is 2. The van der Waals surface area contributed by atoms with Crippen LogP contribution in [0.1, 0.15) is 25.3 Å². The van der Waals surface area contributed by atoms with E-state index in [1.54, 1.807) is 0 Å². The largest absolute Gasteiger partial charge is 0.281 e. The molecule has 3 nitrogen and oxygen atoms in total. The highest BCUT2D eigenvalue weighted by molar-refractivity contribution is 7.80. The minimum absolute atomic E-state index is 0.00714. The molecule has 1 aromatic carbocycles. The number of hydrogen-bond donors (Lipinski definition) is 1. The average Bonchev–Trinajstić information content (AvgIpc) is 2.91. The van der Waals surface area contributed by atoms with Crippen LogP contribution in [-0.2, 0) is 9.59 Å². The van der Waals surface area contributed by atoms with Crippen molar-refractivity contribution in [3.63, 3.8) is 0 Å². The van der Waals surface area contributed by atoms with Crippen LogP contribution in [0.5, 0.6) is 0 Å². The summed E-state index contributed by atoms with van der Waals surface area (Å²) >= 11 is 4.38. The van der Waals surface area contributed by atoms with E-state index in [1.807, 2.05) is 44.2 Å². The standard InChI is InChI=1S/C16H19NO2S/c1-16(2)12-13(16)15(19)17(14(12)18)8-11(9-20)10-6-4-3-5-7-10/h3-7,11-13,20H,8-9H2,1-2H3. The third-order valence-corrected chi connectivity index (χ3v) is 5.23. The van der Waals surface area contributed by atoms with Crippen molar-refractivity contribution >= 4 is 24.4 Å². The van der Waals surface area contributed by atoms with E-state index in [9.17, 15) is 9.59 Å². The highest BCUT2D eigenvalue weighted by atomic mass is 32.1. The van der Waals surface area contributed by atoms with Crippen LogP contribution in [-0.4, -0.2) is 29.0 Å². The summed E-state index contributed by atoms with van der Waals surface area (Å²) in [5.74, 6) is 0.561. The molecule has 3 rings (SSSR count). The Bertz CT molecular complexity index is 531. The molecule has 3 atom stereocenters. The smallest absolute Gasteiger partial charge is 0.233 e. The van der Waals surface area contributed by atoms with Crippen LogP contribution in [0.3, 0.4) is 0 Å². The fraction of sp³-hybridized carbons (Fsp3) is 0.500. The van der Waals surface area contributed by atoms with Gasteiger partial charge in [0.1, 0.15) is 0 Å². The molecule has 3 unspecified atom stereocenters. The molecule has 1 saturated carbocycles. The third-order valence-electron chi connectivity index (χ3n) is 4.79. The van der Waals surface area contributed by atoms with E-state index in [4.69, 9.17) is 0 Å². The maximum Gasteiger partial charge on any atom is 0.233 e. The van der Waals surface area contributed by atoms with E-state index in [2.05, 4.69) is 12.6 Å². The first-order valence-electron chi connectivity index (χ1n) is 6.99. The molecule has 1 saturated heterocycles. The molecule has 1 heterocycles. The number of carbonyl (C=O) groups is 2. The molecule has 0 bridgehead atoms. The van der Waals surface area contributed by atoms with Gasteiger partial charge in [-0.2, -0.15) is 12.6 Å². The fourth-order valence-electron chi connectivity index (χ4n) is 3.40. The number of benzene rings is 1. The Morgan fingerprint density at radius 2 is 1.70 bits per heavy atom. The number of thiol groups is 1. The molecule has 2 amide bonds. The Labute approximate surface area is 124 Å². The second-order valence-corrected chi connectivity index (χ2v) is 6.72. The van der Waals surface area contributed by atoms with Crippen LogP contribution >= 0.6 is 12.6 Å². The van der Waals surface area contributed by atoms with E-state index in [-0.39, 0.29) is 35.0 Å². The van der Waals surface area contributed by atoms with Crippen LogP contribution < -0.4 is 0 Å². The second kappa shape index (κ2) is 4.62. The van der Waals surface area contributed by atoms with Crippen LogP contribution in [0, 0.1) is 17.3 Å². The summed E-state index contributed by atoms with van der Waals surface area (Å²) in [6.07, 6.45) is 0. The van der Waals surface area contributed by atoms with Gasteiger partial charge in [-0.05, 0) is 16.7 Å². The summed E-state index contributed by atoms with van der Waals surface area (Å²) in [6, 6.07) is 9.95. The minimum atomic E-state index is -0.131. The summed E-state index contributed by atoms with van der Waals surface area (Å²) in [7, 11) is 0. The average molecular weight is 289 g/mol. The van der Waals surface area contributed by atoms with Gasteiger partial charge in [0.2, 0.25) is 11.8 Å². The second-order valence-electron chi connectivity index (χ2n) is 6.35. The van der Waals surface area contributed by atoms with Gasteiger partial charge in [0, 0.05) is 12.5 Å². The molecule has 0 N–H and O–H groups in total. The van der Waals surface area contributed by atoms with E-state index < -0.39 is 0 Å². The van der Waals surface area contributed by atoms with Gasteiger partial charge >= 0.3 is 0 Å². The van der Waals surface area contributed by atoms with Gasteiger partial charge in [0.15, 0.2) is 0 Å². The summed E-state index contributed by atoms with van der Waals surface area (Å²) < 4.78 is 0. The molecule has 4 heteroatoms. The van der Waals surface area contributed by atoms with Crippen LogP contribution in [0.2, 0.25) is 0 Å². The van der Waals surface area contributed by atoms with E-state index >= 15 is 0 Å². The molecular weight excluding hydrogens is 270 g/mol. The Morgan fingerprint density at radius 3 is 2.20 bits per heavy atom. The first-order valence-corrected chi connectivity index (χ1v) is 7.62. The number of hydrogen-bond acceptors (Lipinski definition) is 3. The molecular formula is C16H19NO2S. The number of carbonyl (C=O) groups excluding carboxylic acids is 2. The predicted octanol–water partition coefficient (Wildman–Crippen LogP) is 2.34. The molecule has 1 aliphatic heterocycles. The van der Waals surface area contributed by atoms with Crippen molar-refractivity contribution in [2.24, 2.45) is 17.3 Å². The Morgan fingerprint density at radius 1 is 1.15 bits per heavy atom. The molecule has 0 radical (unpaired) electrons. The highest BCUT2D eigenvalue weighted by Crippen LogP contribution is 2.63. The van der Waals surface area contributed by atoms with E-state index in [0.29, 0.717) is 12.3 Å². The first-order chi connectivity index (χ1) is 9.48. The number of fused-ring (bicyclic) bond motifs is 1. The van der Waals surface area contributed by atoms with Gasteiger partial charge < -0.3 is 0 Å². The maximum atomic E-state index is 12.3. The van der Waals surface area contributed by atoms with Crippen molar-refractivity contribution in [2.45, 2.75) is 19.8 Å². The van der Waals surface area contributed by atoms with Crippen molar-refractivity contribution in [1.29, 1.82) is 0 Å². The summed E-state index contributed by atoms with van der Waals surface area (Å²) in [5, 5.41) is 0. The van der Waals surface area contributed by atoms with Gasteiger partial charge in [0.25, 0.3) is 0 Å².